The third-order valence-electron chi connectivity index (χ3n) is 9.97. The zero-order chi connectivity index (χ0) is 39.1. The number of nitrogens with one attached hydrogen (secondary N) is 1. The average Bonchev–Trinajstić information content (AvgIpc) is 3.71. The number of hydrogen-bond acceptors (Lipinski definition) is 2. The number of pyridine rings is 1. The van der Waals surface area contributed by atoms with Crippen molar-refractivity contribution in [1.82, 2.24) is 9.97 Å². The summed E-state index contributed by atoms with van der Waals surface area (Å²) in [5.41, 5.74) is 11.7. The first-order valence-electron chi connectivity index (χ1n) is 19.6. The highest BCUT2D eigenvalue weighted by Crippen LogP contribution is 2.28. The molecule has 2 nitrogen and oxygen atoms in total. The number of rotatable bonds is 4. The Bertz CT molecular complexity index is 2280. The molecule has 0 unspecified atom stereocenters. The van der Waals surface area contributed by atoms with E-state index >= 15 is 0 Å². The maximum absolute atomic E-state index is 4.38. The molecule has 280 valence electrons. The van der Waals surface area contributed by atoms with Crippen LogP contribution in [-0.2, 0) is 0 Å². The number of aryl methyl sites for hydroxylation is 4. The Morgan fingerprint density at radius 2 is 0.963 bits per heavy atom. The lowest BCUT2D eigenvalue weighted by atomic mass is 9.98. The van der Waals surface area contributed by atoms with Crippen LogP contribution in [0, 0.1) is 27.7 Å². The van der Waals surface area contributed by atoms with E-state index in [4.69, 9.17) is 0 Å². The monoisotopic (exact) mass is 732 g/mol. The van der Waals surface area contributed by atoms with Crippen molar-refractivity contribution < 1.29 is 0 Å². The summed E-state index contributed by atoms with van der Waals surface area (Å²) >= 11 is 1.87. The van der Waals surface area contributed by atoms with Crippen LogP contribution in [0.5, 0.6) is 0 Å². The molecule has 5 aromatic carbocycles. The SMILES string of the molecule is Cc1cc2cc(C(C)C)ccc2[nH]1.Cc1cc2cc(C(C)C)ccc2s1.Cc1ccc2ccc(C(C)C)cc2c1.Cc1cnc2ccc(C(C)C)cc2c1. The third-order valence-corrected chi connectivity index (χ3v) is 11.0. The van der Waals surface area contributed by atoms with Crippen LogP contribution in [0.15, 0.2) is 115 Å². The summed E-state index contributed by atoms with van der Waals surface area (Å²) in [7, 11) is 0. The quantitative estimate of drug-likeness (QED) is 0.192. The van der Waals surface area contributed by atoms with Gasteiger partial charge in [0.05, 0.1) is 5.52 Å². The zero-order valence-corrected chi connectivity index (χ0v) is 35.5. The van der Waals surface area contributed by atoms with Crippen molar-refractivity contribution in [2.24, 2.45) is 0 Å². The number of nitrogens with zero attached hydrogens (tertiary/aromatic N) is 1. The van der Waals surface area contributed by atoms with Gasteiger partial charge in [0.2, 0.25) is 0 Å². The van der Waals surface area contributed by atoms with E-state index in [9.17, 15) is 0 Å². The Labute approximate surface area is 328 Å². The van der Waals surface area contributed by atoms with E-state index in [1.54, 1.807) is 0 Å². The molecule has 0 aliphatic carbocycles. The van der Waals surface area contributed by atoms with Crippen molar-refractivity contribution in [3.8, 4) is 0 Å². The van der Waals surface area contributed by atoms with Crippen molar-refractivity contribution in [2.75, 3.05) is 0 Å². The molecule has 8 aromatic rings. The first-order valence-corrected chi connectivity index (χ1v) is 20.4. The number of thiophene rings is 1. The molecule has 3 heterocycles. The van der Waals surface area contributed by atoms with Gasteiger partial charge in [-0.3, -0.25) is 4.98 Å². The molecule has 8 rings (SSSR count). The molecular formula is C51H60N2S. The highest BCUT2D eigenvalue weighted by atomic mass is 32.1. The second-order valence-electron chi connectivity index (χ2n) is 16.1. The maximum atomic E-state index is 4.38. The standard InChI is InChI=1S/C14H16.C13H15N.C12H15N.C12H14S/c1-10(2)13-7-6-12-5-4-11(3)8-14(12)9-13;1-9(2)11-4-5-13-12(7-11)6-10(3)8-14-13;2*1-8(2)10-4-5-12-11(7-10)6-9(3)13-12/h4-10H,1-3H3;4-9H,1-3H3;4-8,13H,1-3H3;4-8H,1-3H3. The van der Waals surface area contributed by atoms with Gasteiger partial charge in [0.25, 0.3) is 0 Å². The molecule has 0 spiro atoms. The molecule has 0 aliphatic heterocycles. The predicted octanol–water partition coefficient (Wildman–Crippen LogP) is 15.9. The van der Waals surface area contributed by atoms with E-state index in [2.05, 4.69) is 202 Å². The Morgan fingerprint density at radius 1 is 0.444 bits per heavy atom. The molecule has 0 bridgehead atoms. The fourth-order valence-electron chi connectivity index (χ4n) is 6.57. The highest BCUT2D eigenvalue weighted by molar-refractivity contribution is 7.19. The van der Waals surface area contributed by atoms with E-state index in [1.165, 1.54) is 81.1 Å². The molecule has 0 saturated heterocycles. The number of aromatic amines is 1. The zero-order valence-electron chi connectivity index (χ0n) is 34.6. The van der Waals surface area contributed by atoms with Crippen molar-refractivity contribution in [1.29, 1.82) is 0 Å². The van der Waals surface area contributed by atoms with E-state index in [0.29, 0.717) is 23.7 Å². The van der Waals surface area contributed by atoms with Crippen molar-refractivity contribution in [3.63, 3.8) is 0 Å². The lowest BCUT2D eigenvalue weighted by Gasteiger charge is -2.07. The third kappa shape index (κ3) is 10.7. The average molecular weight is 733 g/mol. The number of benzene rings is 5. The van der Waals surface area contributed by atoms with Crippen LogP contribution in [0.4, 0.5) is 0 Å². The Balaban J connectivity index is 0.000000139. The van der Waals surface area contributed by atoms with Crippen LogP contribution < -0.4 is 0 Å². The molecule has 0 radical (unpaired) electrons. The molecular weight excluding hydrogens is 673 g/mol. The van der Waals surface area contributed by atoms with E-state index < -0.39 is 0 Å². The second-order valence-corrected chi connectivity index (χ2v) is 17.4. The van der Waals surface area contributed by atoms with E-state index in [0.717, 1.165) is 5.52 Å². The minimum atomic E-state index is 0.583. The second kappa shape index (κ2) is 18.1. The van der Waals surface area contributed by atoms with Crippen molar-refractivity contribution in [3.05, 3.63) is 159 Å². The van der Waals surface area contributed by atoms with Gasteiger partial charge in [0.1, 0.15) is 0 Å². The minimum Gasteiger partial charge on any atom is -0.359 e. The summed E-state index contributed by atoms with van der Waals surface area (Å²) in [6.45, 7) is 26.3. The van der Waals surface area contributed by atoms with Gasteiger partial charge in [0.15, 0.2) is 0 Å². The number of hydrogen-bond donors (Lipinski definition) is 1. The summed E-state index contributed by atoms with van der Waals surface area (Å²) < 4.78 is 1.40. The van der Waals surface area contributed by atoms with E-state index in [1.807, 2.05) is 17.5 Å². The van der Waals surface area contributed by atoms with Crippen LogP contribution in [0.25, 0.3) is 42.7 Å². The van der Waals surface area contributed by atoms with Gasteiger partial charge in [-0.25, -0.2) is 0 Å². The molecule has 0 fully saturated rings. The van der Waals surface area contributed by atoms with Crippen LogP contribution in [0.2, 0.25) is 0 Å². The molecule has 0 aliphatic rings. The molecule has 0 amide bonds. The molecule has 3 aromatic heterocycles. The number of fused-ring (bicyclic) bond motifs is 4. The Kier molecular flexibility index (Phi) is 13.5. The predicted molar refractivity (Wildman–Crippen MR) is 241 cm³/mol. The Hall–Kier alpha value is -4.73. The Morgan fingerprint density at radius 3 is 1.61 bits per heavy atom. The fourth-order valence-corrected chi connectivity index (χ4v) is 7.48. The largest absolute Gasteiger partial charge is 0.359 e. The topological polar surface area (TPSA) is 28.7 Å². The minimum absolute atomic E-state index is 0.583. The lowest BCUT2D eigenvalue weighted by molar-refractivity contribution is 0.868. The molecule has 1 N–H and O–H groups in total. The summed E-state index contributed by atoms with van der Waals surface area (Å²) in [6, 6.07) is 39.9. The summed E-state index contributed by atoms with van der Waals surface area (Å²) in [6.07, 6.45) is 1.91. The van der Waals surface area contributed by atoms with Crippen molar-refractivity contribution in [2.45, 2.75) is 107 Å². The van der Waals surface area contributed by atoms with Crippen LogP contribution in [-0.4, -0.2) is 9.97 Å². The molecule has 0 atom stereocenters. The van der Waals surface area contributed by atoms with Gasteiger partial charge in [-0.1, -0.05) is 122 Å². The van der Waals surface area contributed by atoms with Crippen LogP contribution in [0.3, 0.4) is 0 Å². The maximum Gasteiger partial charge on any atom is 0.0702 e. The molecule has 0 saturated carbocycles. The fraction of sp³-hybridized carbons (Fsp3) is 0.314. The summed E-state index contributed by atoms with van der Waals surface area (Å²) in [5.74, 6) is 2.43. The summed E-state index contributed by atoms with van der Waals surface area (Å²) in [4.78, 5) is 9.10. The molecule has 54 heavy (non-hydrogen) atoms. The number of H-pyrrole nitrogens is 1. The van der Waals surface area contributed by atoms with Crippen LogP contribution in [0.1, 0.15) is 123 Å². The highest BCUT2D eigenvalue weighted by Gasteiger charge is 2.05. The van der Waals surface area contributed by atoms with Gasteiger partial charge in [-0.15, -0.1) is 11.3 Å². The van der Waals surface area contributed by atoms with Gasteiger partial charge in [-0.2, -0.15) is 0 Å². The van der Waals surface area contributed by atoms with E-state index in [-0.39, 0.29) is 0 Å². The van der Waals surface area contributed by atoms with Gasteiger partial charge in [-0.05, 0) is 149 Å². The van der Waals surface area contributed by atoms with Gasteiger partial charge in [0, 0.05) is 32.4 Å². The number of aromatic nitrogens is 2. The smallest absolute Gasteiger partial charge is 0.0702 e. The van der Waals surface area contributed by atoms with Crippen molar-refractivity contribution >= 4 is 54.0 Å². The van der Waals surface area contributed by atoms with Gasteiger partial charge < -0.3 is 4.98 Å². The first-order chi connectivity index (χ1) is 25.7. The molecule has 3 heteroatoms. The lowest BCUT2D eigenvalue weighted by Crippen LogP contribution is -1.88. The summed E-state index contributed by atoms with van der Waals surface area (Å²) in [5, 5.41) is 6.66. The first kappa shape index (κ1) is 40.5. The van der Waals surface area contributed by atoms with Crippen LogP contribution >= 0.6 is 11.3 Å². The van der Waals surface area contributed by atoms with Gasteiger partial charge >= 0.3 is 0 Å². The normalized spacial score (nSPS) is 11.3.